The highest BCUT2D eigenvalue weighted by molar-refractivity contribution is 7.99. The number of nitrogens with one attached hydrogen (secondary N) is 2. The third-order valence-corrected chi connectivity index (χ3v) is 5.51. The summed E-state index contributed by atoms with van der Waals surface area (Å²) in [7, 11) is 0. The van der Waals surface area contributed by atoms with Crippen LogP contribution in [0.3, 0.4) is 0 Å². The lowest BCUT2D eigenvalue weighted by molar-refractivity contribution is -0.134. The van der Waals surface area contributed by atoms with Crippen LogP contribution in [0.4, 0.5) is 8.78 Å². The van der Waals surface area contributed by atoms with Crippen LogP contribution in [0.1, 0.15) is 24.0 Å². The van der Waals surface area contributed by atoms with E-state index in [2.05, 4.69) is 10.3 Å². The van der Waals surface area contributed by atoms with Gasteiger partial charge in [-0.3, -0.25) is 9.59 Å². The lowest BCUT2D eigenvalue weighted by Gasteiger charge is -2.24. The minimum atomic E-state index is -2.53. The average Bonchev–Trinajstić information content (AvgIpc) is 2.67. The van der Waals surface area contributed by atoms with E-state index in [4.69, 9.17) is 16.7 Å². The highest BCUT2D eigenvalue weighted by atomic mass is 35.5. The average molecular weight is 431 g/mol. The van der Waals surface area contributed by atoms with Crippen LogP contribution >= 0.6 is 23.4 Å². The maximum absolute atomic E-state index is 15.8. The van der Waals surface area contributed by atoms with Crippen molar-refractivity contribution in [1.82, 2.24) is 10.3 Å². The van der Waals surface area contributed by atoms with Crippen LogP contribution in [-0.2, 0) is 17.0 Å². The summed E-state index contributed by atoms with van der Waals surface area (Å²) < 4.78 is 28.9. The predicted octanol–water partition coefficient (Wildman–Crippen LogP) is 3.15. The molecular formula is C19H21ClF2N2O3S. The molecule has 0 aliphatic rings. The molecule has 152 valence electrons. The Morgan fingerprint density at radius 3 is 2.79 bits per heavy atom. The summed E-state index contributed by atoms with van der Waals surface area (Å²) in [4.78, 5) is 27.2. The molecule has 9 heteroatoms. The molecule has 1 amide bonds. The fourth-order valence-electron chi connectivity index (χ4n) is 2.67. The molecule has 0 saturated carbocycles. The number of benzene rings is 1. The monoisotopic (exact) mass is 430 g/mol. The molecule has 0 spiro atoms. The molecule has 5 nitrogen and oxygen atoms in total. The first-order valence-corrected chi connectivity index (χ1v) is 10.2. The van der Waals surface area contributed by atoms with Crippen LogP contribution < -0.4 is 10.9 Å². The Hall–Kier alpha value is -1.90. The van der Waals surface area contributed by atoms with Crippen molar-refractivity contribution in [3.8, 4) is 0 Å². The largest absolute Gasteiger partial charge is 0.396 e. The Morgan fingerprint density at radius 2 is 2.11 bits per heavy atom. The highest BCUT2D eigenvalue weighted by Crippen LogP contribution is 2.30. The number of alkyl halides is 1. The fourth-order valence-corrected chi connectivity index (χ4v) is 3.58. The van der Waals surface area contributed by atoms with Crippen molar-refractivity contribution in [2.75, 3.05) is 18.1 Å². The predicted molar refractivity (Wildman–Crippen MR) is 107 cm³/mol. The van der Waals surface area contributed by atoms with Crippen molar-refractivity contribution in [3.05, 3.63) is 68.8 Å². The number of aromatic nitrogens is 1. The summed E-state index contributed by atoms with van der Waals surface area (Å²) in [6.07, 6.45) is 1.50. The summed E-state index contributed by atoms with van der Waals surface area (Å²) in [6, 6.07) is 6.43. The number of hydrogen-bond donors (Lipinski definition) is 3. The van der Waals surface area contributed by atoms with E-state index in [0.29, 0.717) is 23.5 Å². The van der Waals surface area contributed by atoms with Gasteiger partial charge in [-0.1, -0.05) is 17.7 Å². The smallest absolute Gasteiger partial charge is 0.262 e. The normalized spacial score (nSPS) is 13.1. The second-order valence-corrected chi connectivity index (χ2v) is 7.70. The Morgan fingerprint density at radius 1 is 1.32 bits per heavy atom. The molecule has 1 aromatic carbocycles. The van der Waals surface area contributed by atoms with E-state index in [0.717, 1.165) is 6.07 Å². The molecule has 0 bridgehead atoms. The SMILES string of the molecule is O=C(NCc1ccc(F)cc1Cl)[C@](F)(CCCSCCO)c1ccc[nH]c1=O. The summed E-state index contributed by atoms with van der Waals surface area (Å²) in [6.45, 7) is -0.0870. The zero-order valence-electron chi connectivity index (χ0n) is 15.0. The zero-order chi connectivity index (χ0) is 20.6. The fraction of sp³-hybridized carbons (Fsp3) is 0.368. The van der Waals surface area contributed by atoms with E-state index < -0.39 is 23.0 Å². The van der Waals surface area contributed by atoms with Gasteiger partial charge in [-0.2, -0.15) is 11.8 Å². The van der Waals surface area contributed by atoms with Gasteiger partial charge in [0.2, 0.25) is 5.67 Å². The van der Waals surface area contributed by atoms with Gasteiger partial charge in [0.25, 0.3) is 11.5 Å². The van der Waals surface area contributed by atoms with Gasteiger partial charge in [-0.05, 0) is 48.4 Å². The topological polar surface area (TPSA) is 82.2 Å². The van der Waals surface area contributed by atoms with Gasteiger partial charge in [-0.15, -0.1) is 0 Å². The number of carbonyl (C=O) groups excluding carboxylic acids is 1. The first-order valence-electron chi connectivity index (χ1n) is 8.66. The third kappa shape index (κ3) is 5.80. The highest BCUT2D eigenvalue weighted by Gasteiger charge is 2.42. The molecule has 28 heavy (non-hydrogen) atoms. The molecule has 0 unspecified atom stereocenters. The Kier molecular flexibility index (Phi) is 8.47. The summed E-state index contributed by atoms with van der Waals surface area (Å²) in [5.41, 5.74) is -3.05. The van der Waals surface area contributed by atoms with E-state index >= 15 is 4.39 Å². The standard InChI is InChI=1S/C19H21ClF2N2O3S/c20-16-11-14(21)5-4-13(16)12-24-18(27)19(22,6-2-9-28-10-8-25)15-3-1-7-23-17(15)26/h1,3-5,7,11,25H,2,6,8-10,12H2,(H,23,26)(H,24,27)/t19-/m0/s1. The van der Waals surface area contributed by atoms with E-state index in [1.54, 1.807) is 0 Å². The molecule has 2 aromatic rings. The second kappa shape index (κ2) is 10.6. The van der Waals surface area contributed by atoms with Gasteiger partial charge in [0.15, 0.2) is 0 Å². The molecule has 0 aliphatic carbocycles. The number of aliphatic hydroxyl groups excluding tert-OH is 1. The molecule has 1 aromatic heterocycles. The van der Waals surface area contributed by atoms with Crippen molar-refractivity contribution in [3.63, 3.8) is 0 Å². The zero-order valence-corrected chi connectivity index (χ0v) is 16.6. The van der Waals surface area contributed by atoms with Gasteiger partial charge in [-0.25, -0.2) is 8.78 Å². The number of thioether (sulfide) groups is 1. The van der Waals surface area contributed by atoms with E-state index in [9.17, 15) is 14.0 Å². The van der Waals surface area contributed by atoms with Crippen LogP contribution in [0.5, 0.6) is 0 Å². The van der Waals surface area contributed by atoms with Gasteiger partial charge in [0, 0.05) is 23.5 Å². The second-order valence-electron chi connectivity index (χ2n) is 6.07. The first-order chi connectivity index (χ1) is 13.4. The van der Waals surface area contributed by atoms with Crippen LogP contribution in [0.2, 0.25) is 5.02 Å². The molecule has 0 radical (unpaired) electrons. The van der Waals surface area contributed by atoms with E-state index in [1.165, 1.54) is 42.2 Å². The first kappa shape index (κ1) is 22.4. The number of rotatable bonds is 10. The van der Waals surface area contributed by atoms with Crippen molar-refractivity contribution in [1.29, 1.82) is 0 Å². The number of aromatic amines is 1. The van der Waals surface area contributed by atoms with Crippen molar-refractivity contribution < 1.29 is 18.7 Å². The quantitative estimate of drug-likeness (QED) is 0.506. The van der Waals surface area contributed by atoms with Crippen LogP contribution in [0.15, 0.2) is 41.3 Å². The van der Waals surface area contributed by atoms with Crippen LogP contribution in [0, 0.1) is 5.82 Å². The molecular weight excluding hydrogens is 410 g/mol. The maximum Gasteiger partial charge on any atom is 0.262 e. The Bertz CT molecular complexity index is 865. The molecule has 0 aliphatic heterocycles. The molecule has 1 heterocycles. The number of hydrogen-bond acceptors (Lipinski definition) is 4. The minimum absolute atomic E-state index is 0.0166. The minimum Gasteiger partial charge on any atom is -0.396 e. The molecule has 3 N–H and O–H groups in total. The van der Waals surface area contributed by atoms with Crippen LogP contribution in [-0.4, -0.2) is 34.1 Å². The maximum atomic E-state index is 15.8. The van der Waals surface area contributed by atoms with Gasteiger partial charge in [0.05, 0.1) is 12.2 Å². The Labute approximate surface area is 170 Å². The number of carbonyl (C=O) groups is 1. The number of pyridine rings is 1. The summed E-state index contributed by atoms with van der Waals surface area (Å²) >= 11 is 7.37. The molecule has 2 rings (SSSR count). The molecule has 0 fully saturated rings. The third-order valence-electron chi connectivity index (χ3n) is 4.11. The Balaban J connectivity index is 2.16. The van der Waals surface area contributed by atoms with Gasteiger partial charge < -0.3 is 15.4 Å². The number of aliphatic hydroxyl groups is 1. The van der Waals surface area contributed by atoms with E-state index in [1.807, 2.05) is 0 Å². The lowest BCUT2D eigenvalue weighted by Crippen LogP contribution is -2.44. The lowest BCUT2D eigenvalue weighted by atomic mass is 9.91. The number of amides is 1. The number of halogens is 3. The van der Waals surface area contributed by atoms with Gasteiger partial charge in [0.1, 0.15) is 5.82 Å². The van der Waals surface area contributed by atoms with Crippen molar-refractivity contribution in [2.24, 2.45) is 0 Å². The summed E-state index contributed by atoms with van der Waals surface area (Å²) in [5, 5.41) is 11.4. The van der Waals surface area contributed by atoms with E-state index in [-0.39, 0.29) is 30.2 Å². The summed E-state index contributed by atoms with van der Waals surface area (Å²) in [5.74, 6) is -0.429. The van der Waals surface area contributed by atoms with Crippen molar-refractivity contribution >= 4 is 29.3 Å². The van der Waals surface area contributed by atoms with Crippen molar-refractivity contribution in [2.45, 2.75) is 25.1 Å². The van der Waals surface area contributed by atoms with Crippen LogP contribution in [0.25, 0.3) is 0 Å². The molecule has 1 atom stereocenters. The molecule has 0 saturated heterocycles. The van der Waals surface area contributed by atoms with Gasteiger partial charge >= 0.3 is 0 Å². The number of H-pyrrole nitrogens is 1.